The Morgan fingerprint density at radius 3 is 2.50 bits per heavy atom. The van der Waals surface area contributed by atoms with E-state index in [4.69, 9.17) is 5.11 Å². The molecule has 2 nitrogen and oxygen atoms in total. The first-order chi connectivity index (χ1) is 6.43. The second-order valence-corrected chi connectivity index (χ2v) is 3.70. The molecule has 0 saturated carbocycles. The number of hydrogen-bond acceptors (Lipinski definition) is 1. The van der Waals surface area contributed by atoms with E-state index in [0.29, 0.717) is 0 Å². The molecule has 1 atom stereocenters. The maximum Gasteiger partial charge on any atom is 0.310 e. The van der Waals surface area contributed by atoms with Gasteiger partial charge in [-0.25, -0.2) is 8.78 Å². The number of benzene rings is 1. The normalized spacial score (nSPS) is 12.6. The van der Waals surface area contributed by atoms with E-state index in [2.05, 4.69) is 15.9 Å². The molecule has 0 aliphatic rings. The van der Waals surface area contributed by atoms with E-state index in [9.17, 15) is 13.6 Å². The van der Waals surface area contributed by atoms with Crippen molar-refractivity contribution in [1.82, 2.24) is 0 Å². The average Bonchev–Trinajstić information content (AvgIpc) is 2.10. The van der Waals surface area contributed by atoms with Crippen LogP contribution >= 0.6 is 15.9 Å². The van der Waals surface area contributed by atoms with Gasteiger partial charge < -0.3 is 5.11 Å². The molecule has 76 valence electrons. The van der Waals surface area contributed by atoms with Crippen LogP contribution in [0.15, 0.2) is 16.6 Å². The van der Waals surface area contributed by atoms with Crippen LogP contribution in [0, 0.1) is 11.6 Å². The van der Waals surface area contributed by atoms with E-state index in [1.165, 1.54) is 6.92 Å². The summed E-state index contributed by atoms with van der Waals surface area (Å²) in [6.45, 7) is 1.30. The first-order valence-electron chi connectivity index (χ1n) is 3.80. The number of hydrogen-bond donors (Lipinski definition) is 1. The highest BCUT2D eigenvalue weighted by Crippen LogP contribution is 2.25. The Hall–Kier alpha value is -0.970. The van der Waals surface area contributed by atoms with Crippen molar-refractivity contribution in [3.8, 4) is 0 Å². The van der Waals surface area contributed by atoms with Crippen LogP contribution in [0.25, 0.3) is 0 Å². The van der Waals surface area contributed by atoms with E-state index in [0.717, 1.165) is 12.1 Å². The molecule has 0 spiro atoms. The van der Waals surface area contributed by atoms with Crippen molar-refractivity contribution in [2.45, 2.75) is 12.8 Å². The lowest BCUT2D eigenvalue weighted by atomic mass is 10.0. The molecule has 0 heterocycles. The van der Waals surface area contributed by atoms with E-state index >= 15 is 0 Å². The monoisotopic (exact) mass is 264 g/mol. The molecule has 0 fully saturated rings. The van der Waals surface area contributed by atoms with Crippen molar-refractivity contribution < 1.29 is 18.7 Å². The van der Waals surface area contributed by atoms with Gasteiger partial charge in [0.15, 0.2) is 0 Å². The molecule has 0 radical (unpaired) electrons. The number of carboxylic acid groups (broad SMARTS) is 1. The highest BCUT2D eigenvalue weighted by atomic mass is 79.9. The van der Waals surface area contributed by atoms with Crippen LogP contribution in [-0.4, -0.2) is 11.1 Å². The molecule has 1 aromatic carbocycles. The predicted octanol–water partition coefficient (Wildman–Crippen LogP) is 2.92. The molecule has 14 heavy (non-hydrogen) atoms. The van der Waals surface area contributed by atoms with Crippen molar-refractivity contribution in [1.29, 1.82) is 0 Å². The third-order valence-corrected chi connectivity index (χ3v) is 2.48. The van der Waals surface area contributed by atoms with Crippen LogP contribution in [0.3, 0.4) is 0 Å². The van der Waals surface area contributed by atoms with Crippen LogP contribution < -0.4 is 0 Å². The largest absolute Gasteiger partial charge is 0.481 e. The fraction of sp³-hybridized carbons (Fsp3) is 0.222. The van der Waals surface area contributed by atoms with Gasteiger partial charge in [-0.3, -0.25) is 4.79 Å². The number of carboxylic acids is 1. The first kappa shape index (κ1) is 11.1. The molecule has 1 N–H and O–H groups in total. The summed E-state index contributed by atoms with van der Waals surface area (Å²) in [5.74, 6) is -3.65. The Balaban J connectivity index is 3.22. The first-order valence-corrected chi connectivity index (χ1v) is 4.60. The SMILES string of the molecule is CC(C(=O)O)c1cc(F)c(Br)cc1F. The van der Waals surface area contributed by atoms with Gasteiger partial charge in [-0.1, -0.05) is 0 Å². The van der Waals surface area contributed by atoms with Gasteiger partial charge in [0.25, 0.3) is 0 Å². The van der Waals surface area contributed by atoms with Gasteiger partial charge >= 0.3 is 5.97 Å². The van der Waals surface area contributed by atoms with Gasteiger partial charge in [0.2, 0.25) is 0 Å². The summed E-state index contributed by atoms with van der Waals surface area (Å²) in [4.78, 5) is 10.5. The smallest absolute Gasteiger partial charge is 0.310 e. The standard InChI is InChI=1S/C9H7BrF2O2/c1-4(9(13)14)5-2-8(12)6(10)3-7(5)11/h2-4H,1H3,(H,13,14). The zero-order valence-corrected chi connectivity index (χ0v) is 8.81. The lowest BCUT2D eigenvalue weighted by Gasteiger charge is -2.08. The van der Waals surface area contributed by atoms with Gasteiger partial charge in [-0.2, -0.15) is 0 Å². The van der Waals surface area contributed by atoms with E-state index < -0.39 is 23.5 Å². The second-order valence-electron chi connectivity index (χ2n) is 2.85. The quantitative estimate of drug-likeness (QED) is 0.835. The van der Waals surface area contributed by atoms with E-state index in [-0.39, 0.29) is 10.0 Å². The van der Waals surface area contributed by atoms with Gasteiger partial charge in [-0.15, -0.1) is 0 Å². The highest BCUT2D eigenvalue weighted by Gasteiger charge is 2.19. The molecule has 0 aromatic heterocycles. The molecule has 1 unspecified atom stereocenters. The molecule has 1 rings (SSSR count). The summed E-state index contributed by atoms with van der Waals surface area (Å²) < 4.78 is 26.1. The number of carbonyl (C=O) groups is 1. The fourth-order valence-electron chi connectivity index (χ4n) is 1.00. The van der Waals surface area contributed by atoms with Crippen molar-refractivity contribution in [2.75, 3.05) is 0 Å². The third-order valence-electron chi connectivity index (χ3n) is 1.88. The third kappa shape index (κ3) is 2.09. The minimum Gasteiger partial charge on any atom is -0.481 e. The lowest BCUT2D eigenvalue weighted by molar-refractivity contribution is -0.138. The molecular formula is C9H7BrF2O2. The molecule has 0 amide bonds. The highest BCUT2D eigenvalue weighted by molar-refractivity contribution is 9.10. The Morgan fingerprint density at radius 1 is 1.43 bits per heavy atom. The molecular weight excluding hydrogens is 258 g/mol. The molecule has 0 aliphatic carbocycles. The summed E-state index contributed by atoms with van der Waals surface area (Å²) in [6.07, 6.45) is 0. The fourth-order valence-corrected chi connectivity index (χ4v) is 1.32. The number of aliphatic carboxylic acids is 1. The Bertz CT molecular complexity index is 379. The van der Waals surface area contributed by atoms with Crippen LogP contribution in [0.2, 0.25) is 0 Å². The summed E-state index contributed by atoms with van der Waals surface area (Å²) in [7, 11) is 0. The van der Waals surface area contributed by atoms with Crippen LogP contribution in [0.5, 0.6) is 0 Å². The zero-order chi connectivity index (χ0) is 10.9. The zero-order valence-electron chi connectivity index (χ0n) is 7.22. The van der Waals surface area contributed by atoms with Crippen LogP contribution in [0.1, 0.15) is 18.4 Å². The average molecular weight is 265 g/mol. The Kier molecular flexibility index (Phi) is 3.21. The maximum absolute atomic E-state index is 13.2. The van der Waals surface area contributed by atoms with Crippen molar-refractivity contribution in [2.24, 2.45) is 0 Å². The molecule has 0 saturated heterocycles. The second kappa shape index (κ2) is 4.04. The van der Waals surface area contributed by atoms with Gasteiger partial charge in [0.05, 0.1) is 10.4 Å². The minimum absolute atomic E-state index is 0.0173. The van der Waals surface area contributed by atoms with E-state index in [1.54, 1.807) is 0 Å². The Labute approximate surface area is 87.7 Å². The summed E-state index contributed by atoms with van der Waals surface area (Å²) in [6, 6.07) is 1.81. The van der Waals surface area contributed by atoms with E-state index in [1.807, 2.05) is 0 Å². The Morgan fingerprint density at radius 2 is 2.00 bits per heavy atom. The van der Waals surface area contributed by atoms with Gasteiger partial charge in [0.1, 0.15) is 11.6 Å². The van der Waals surface area contributed by atoms with Gasteiger partial charge in [0, 0.05) is 5.56 Å². The van der Waals surface area contributed by atoms with Crippen molar-refractivity contribution in [3.05, 3.63) is 33.8 Å². The molecule has 0 aliphatic heterocycles. The number of halogens is 3. The summed E-state index contributed by atoms with van der Waals surface area (Å²) >= 11 is 2.80. The summed E-state index contributed by atoms with van der Waals surface area (Å²) in [5, 5.41) is 8.62. The number of rotatable bonds is 2. The molecule has 5 heteroatoms. The van der Waals surface area contributed by atoms with Crippen molar-refractivity contribution in [3.63, 3.8) is 0 Å². The minimum atomic E-state index is -1.19. The predicted molar refractivity (Wildman–Crippen MR) is 50.1 cm³/mol. The van der Waals surface area contributed by atoms with Crippen LogP contribution in [0.4, 0.5) is 8.78 Å². The van der Waals surface area contributed by atoms with Crippen LogP contribution in [-0.2, 0) is 4.79 Å². The lowest BCUT2D eigenvalue weighted by Crippen LogP contribution is -2.09. The topological polar surface area (TPSA) is 37.3 Å². The molecule has 0 bridgehead atoms. The molecule has 1 aromatic rings. The summed E-state index contributed by atoms with van der Waals surface area (Å²) in [5.41, 5.74) is -0.154. The van der Waals surface area contributed by atoms with Crippen molar-refractivity contribution >= 4 is 21.9 Å². The maximum atomic E-state index is 13.2. The van der Waals surface area contributed by atoms with Gasteiger partial charge in [-0.05, 0) is 35.0 Å².